The molecule has 9 heteroatoms. The molecular formula is C25H26N4O3S2. The third-order valence-corrected chi connectivity index (χ3v) is 7.04. The van der Waals surface area contributed by atoms with Gasteiger partial charge in [0.15, 0.2) is 5.16 Å². The first kappa shape index (κ1) is 24.0. The highest BCUT2D eigenvalue weighted by Gasteiger charge is 2.15. The maximum Gasteiger partial charge on any atom is 0.338 e. The van der Waals surface area contributed by atoms with Crippen molar-refractivity contribution in [3.05, 3.63) is 69.7 Å². The van der Waals surface area contributed by atoms with E-state index in [2.05, 4.69) is 21.8 Å². The molecule has 0 fully saturated rings. The summed E-state index contributed by atoms with van der Waals surface area (Å²) in [4.78, 5) is 33.8. The number of imidazole rings is 1. The zero-order chi connectivity index (χ0) is 24.1. The molecule has 2 heterocycles. The number of fused-ring (bicyclic) bond motifs is 1. The first-order valence-corrected chi connectivity index (χ1v) is 12.9. The van der Waals surface area contributed by atoms with Gasteiger partial charge in [0, 0.05) is 23.4 Å². The van der Waals surface area contributed by atoms with Crippen molar-refractivity contribution in [1.82, 2.24) is 14.5 Å². The van der Waals surface area contributed by atoms with E-state index in [1.54, 1.807) is 30.8 Å². The van der Waals surface area contributed by atoms with Crippen molar-refractivity contribution in [2.75, 3.05) is 11.9 Å². The van der Waals surface area contributed by atoms with Gasteiger partial charge in [0.1, 0.15) is 5.01 Å². The van der Waals surface area contributed by atoms with Crippen molar-refractivity contribution in [2.24, 2.45) is 0 Å². The predicted octanol–water partition coefficient (Wildman–Crippen LogP) is 5.47. The Morgan fingerprint density at radius 1 is 1.12 bits per heavy atom. The molecule has 0 aliphatic carbocycles. The summed E-state index contributed by atoms with van der Waals surface area (Å²) < 4.78 is 7.22. The van der Waals surface area contributed by atoms with Crippen LogP contribution in [0.5, 0.6) is 0 Å². The van der Waals surface area contributed by atoms with Gasteiger partial charge in [-0.15, -0.1) is 11.3 Å². The van der Waals surface area contributed by atoms with Crippen molar-refractivity contribution >= 4 is 51.7 Å². The van der Waals surface area contributed by atoms with Crippen LogP contribution in [-0.2, 0) is 28.2 Å². The highest BCUT2D eigenvalue weighted by atomic mass is 32.2. The lowest BCUT2D eigenvalue weighted by Gasteiger charge is -2.05. The van der Waals surface area contributed by atoms with Crippen LogP contribution >= 0.6 is 23.1 Å². The van der Waals surface area contributed by atoms with Gasteiger partial charge in [0.05, 0.1) is 35.3 Å². The minimum absolute atomic E-state index is 0.0809. The maximum absolute atomic E-state index is 12.4. The van der Waals surface area contributed by atoms with Crippen LogP contribution in [0, 0.1) is 6.92 Å². The maximum atomic E-state index is 12.4. The first-order chi connectivity index (χ1) is 16.5. The van der Waals surface area contributed by atoms with Crippen molar-refractivity contribution in [3.63, 3.8) is 0 Å². The molecule has 7 nitrogen and oxygen atoms in total. The number of nitrogens with one attached hydrogen (secondary N) is 1. The Morgan fingerprint density at radius 3 is 2.65 bits per heavy atom. The SMILES string of the molecule is CCOC(=O)c1ccc2c(c1)nc(SCc1csc(CC(=O)Nc3ccc(C)cc3)n1)n2CC. The molecule has 176 valence electrons. The number of rotatable bonds is 9. The molecule has 4 aromatic rings. The summed E-state index contributed by atoms with van der Waals surface area (Å²) in [7, 11) is 0. The molecule has 0 radical (unpaired) electrons. The molecule has 2 aromatic carbocycles. The molecule has 34 heavy (non-hydrogen) atoms. The Balaban J connectivity index is 1.40. The molecule has 4 rings (SSSR count). The van der Waals surface area contributed by atoms with Gasteiger partial charge in [-0.2, -0.15) is 0 Å². The Labute approximate surface area is 206 Å². The number of hydrogen-bond acceptors (Lipinski definition) is 7. The average Bonchev–Trinajstić information content (AvgIpc) is 3.42. The van der Waals surface area contributed by atoms with Gasteiger partial charge in [-0.25, -0.2) is 14.8 Å². The van der Waals surface area contributed by atoms with Crippen LogP contribution in [0.1, 0.15) is 40.5 Å². The highest BCUT2D eigenvalue weighted by molar-refractivity contribution is 7.98. The standard InChI is InChI=1S/C25H26N4O3S2/c1-4-29-21-11-8-17(24(31)32-5-2)12-20(21)28-25(29)34-15-19-14-33-23(27-19)13-22(30)26-18-9-6-16(3)7-10-18/h6-12,14H,4-5,13,15H2,1-3H3,(H,26,30). The summed E-state index contributed by atoms with van der Waals surface area (Å²) in [5.41, 5.74) is 5.09. The van der Waals surface area contributed by atoms with E-state index in [1.807, 2.05) is 42.6 Å². The van der Waals surface area contributed by atoms with Gasteiger partial charge >= 0.3 is 5.97 Å². The number of hydrogen-bond donors (Lipinski definition) is 1. The van der Waals surface area contributed by atoms with Crippen LogP contribution in [0.3, 0.4) is 0 Å². The minimum atomic E-state index is -0.342. The topological polar surface area (TPSA) is 86.1 Å². The number of anilines is 1. The smallest absolute Gasteiger partial charge is 0.338 e. The molecule has 0 saturated heterocycles. The molecule has 0 bridgehead atoms. The first-order valence-electron chi connectivity index (χ1n) is 11.1. The molecule has 0 aliphatic rings. The lowest BCUT2D eigenvalue weighted by molar-refractivity contribution is -0.115. The predicted molar refractivity (Wildman–Crippen MR) is 137 cm³/mol. The molecular weight excluding hydrogens is 468 g/mol. The van der Waals surface area contributed by atoms with Gasteiger partial charge in [0.2, 0.25) is 5.91 Å². The molecule has 0 atom stereocenters. The zero-order valence-electron chi connectivity index (χ0n) is 19.3. The van der Waals surface area contributed by atoms with Gasteiger partial charge in [0.25, 0.3) is 0 Å². The highest BCUT2D eigenvalue weighted by Crippen LogP contribution is 2.28. The minimum Gasteiger partial charge on any atom is -0.462 e. The number of carbonyl (C=O) groups is 2. The van der Waals surface area contributed by atoms with Gasteiger partial charge in [-0.3, -0.25) is 4.79 Å². The van der Waals surface area contributed by atoms with E-state index in [-0.39, 0.29) is 18.3 Å². The number of ether oxygens (including phenoxy) is 1. The van der Waals surface area contributed by atoms with Crippen LogP contribution in [0.15, 0.2) is 53.0 Å². The Hall–Kier alpha value is -3.17. The number of esters is 1. The Bertz CT molecular complexity index is 1310. The summed E-state index contributed by atoms with van der Waals surface area (Å²) in [5, 5.41) is 6.54. The quantitative estimate of drug-likeness (QED) is 0.245. The van der Waals surface area contributed by atoms with Gasteiger partial charge < -0.3 is 14.6 Å². The molecule has 2 aromatic heterocycles. The number of carbonyl (C=O) groups excluding carboxylic acids is 2. The van der Waals surface area contributed by atoms with Crippen molar-refractivity contribution in [1.29, 1.82) is 0 Å². The second-order valence-electron chi connectivity index (χ2n) is 7.67. The fourth-order valence-electron chi connectivity index (χ4n) is 3.48. The van der Waals surface area contributed by atoms with Crippen molar-refractivity contribution < 1.29 is 14.3 Å². The normalized spacial score (nSPS) is 11.0. The number of nitrogens with zero attached hydrogens (tertiary/aromatic N) is 3. The van der Waals surface area contributed by atoms with E-state index in [4.69, 9.17) is 9.72 Å². The van der Waals surface area contributed by atoms with Crippen LogP contribution in [-0.4, -0.2) is 33.0 Å². The van der Waals surface area contributed by atoms with Gasteiger partial charge in [-0.1, -0.05) is 29.5 Å². The van der Waals surface area contributed by atoms with Crippen molar-refractivity contribution in [2.45, 2.75) is 44.6 Å². The summed E-state index contributed by atoms with van der Waals surface area (Å²) in [6, 6.07) is 13.2. The average molecular weight is 495 g/mol. The zero-order valence-corrected chi connectivity index (χ0v) is 21.0. The Morgan fingerprint density at radius 2 is 1.91 bits per heavy atom. The summed E-state index contributed by atoms with van der Waals surface area (Å²) in [6.07, 6.45) is 0.243. The lowest BCUT2D eigenvalue weighted by Crippen LogP contribution is -2.14. The van der Waals surface area contributed by atoms with Crippen LogP contribution in [0.4, 0.5) is 5.69 Å². The second-order valence-corrected chi connectivity index (χ2v) is 9.56. The van der Waals surface area contributed by atoms with Crippen LogP contribution in [0.25, 0.3) is 11.0 Å². The molecule has 0 unspecified atom stereocenters. The third-order valence-electron chi connectivity index (χ3n) is 5.14. The lowest BCUT2D eigenvalue weighted by atomic mass is 10.2. The van der Waals surface area contributed by atoms with E-state index in [1.165, 1.54) is 11.3 Å². The fourth-order valence-corrected chi connectivity index (χ4v) is 5.35. The van der Waals surface area contributed by atoms with Crippen molar-refractivity contribution in [3.8, 4) is 0 Å². The third kappa shape index (κ3) is 5.66. The molecule has 0 spiro atoms. The molecule has 0 aliphatic heterocycles. The summed E-state index contributed by atoms with van der Waals surface area (Å²) in [6.45, 7) is 6.97. The van der Waals surface area contributed by atoms with E-state index in [0.29, 0.717) is 17.9 Å². The summed E-state index contributed by atoms with van der Waals surface area (Å²) >= 11 is 3.08. The van der Waals surface area contributed by atoms with Crippen LogP contribution < -0.4 is 5.32 Å². The molecule has 0 saturated carbocycles. The van der Waals surface area contributed by atoms with E-state index in [9.17, 15) is 9.59 Å². The fraction of sp³-hybridized carbons (Fsp3) is 0.280. The Kier molecular flexibility index (Phi) is 7.64. The molecule has 1 N–H and O–H groups in total. The number of thiazole rings is 1. The van der Waals surface area contributed by atoms with E-state index >= 15 is 0 Å². The monoisotopic (exact) mass is 494 g/mol. The number of amides is 1. The van der Waals surface area contributed by atoms with E-state index < -0.39 is 0 Å². The number of benzene rings is 2. The number of aromatic nitrogens is 3. The molecule has 1 amide bonds. The number of thioether (sulfide) groups is 1. The largest absolute Gasteiger partial charge is 0.462 e. The van der Waals surface area contributed by atoms with Crippen LogP contribution in [0.2, 0.25) is 0 Å². The second kappa shape index (κ2) is 10.8. The summed E-state index contributed by atoms with van der Waals surface area (Å²) in [5.74, 6) is 0.220. The number of aryl methyl sites for hydroxylation is 2. The van der Waals surface area contributed by atoms with E-state index in [0.717, 1.165) is 44.7 Å². The van der Waals surface area contributed by atoms with Gasteiger partial charge in [-0.05, 0) is 51.1 Å².